The predicted octanol–water partition coefficient (Wildman–Crippen LogP) is 2.43. The Morgan fingerprint density at radius 1 is 1.04 bits per heavy atom. The molecule has 0 fully saturated rings. The van der Waals surface area contributed by atoms with Crippen LogP contribution in [0.5, 0.6) is 11.5 Å². The summed E-state index contributed by atoms with van der Waals surface area (Å²) in [4.78, 5) is 23.4. The van der Waals surface area contributed by atoms with Gasteiger partial charge in [-0.05, 0) is 42.3 Å². The lowest BCUT2D eigenvalue weighted by molar-refractivity contribution is 0.1000. The maximum atomic E-state index is 12.1. The van der Waals surface area contributed by atoms with Crippen LogP contribution in [0.1, 0.15) is 21.5 Å². The van der Waals surface area contributed by atoms with E-state index in [0.717, 1.165) is 16.9 Å². The fraction of sp³-hybridized carbons (Fsp3) is 0.222. The number of primary amides is 1. The Kier molecular flexibility index (Phi) is 5.84. The summed E-state index contributed by atoms with van der Waals surface area (Å²) in [6, 6.07) is 9.82. The first kappa shape index (κ1) is 18.1. The average molecular weight is 343 g/mol. The molecular formula is C18H21N3O4. The van der Waals surface area contributed by atoms with Crippen molar-refractivity contribution in [3.8, 4) is 11.5 Å². The zero-order valence-electron chi connectivity index (χ0n) is 14.4. The highest BCUT2D eigenvalue weighted by Crippen LogP contribution is 2.25. The van der Waals surface area contributed by atoms with Crippen molar-refractivity contribution >= 4 is 17.6 Å². The monoisotopic (exact) mass is 343 g/mol. The summed E-state index contributed by atoms with van der Waals surface area (Å²) in [6.45, 7) is 2.27. The summed E-state index contributed by atoms with van der Waals surface area (Å²) in [6.07, 6.45) is 0. The Bertz CT molecular complexity index is 790. The van der Waals surface area contributed by atoms with Gasteiger partial charge in [0, 0.05) is 12.1 Å². The molecule has 2 aromatic rings. The van der Waals surface area contributed by atoms with Crippen LogP contribution < -0.4 is 25.8 Å². The minimum atomic E-state index is -0.584. The van der Waals surface area contributed by atoms with E-state index in [1.54, 1.807) is 13.2 Å². The third-order valence-corrected chi connectivity index (χ3v) is 3.64. The van der Waals surface area contributed by atoms with Gasteiger partial charge in [0.15, 0.2) is 0 Å². The number of nitrogens with one attached hydrogen (secondary N) is 2. The van der Waals surface area contributed by atoms with E-state index < -0.39 is 11.9 Å². The highest BCUT2D eigenvalue weighted by Gasteiger charge is 2.11. The first-order chi connectivity index (χ1) is 11.9. The predicted molar refractivity (Wildman–Crippen MR) is 95.1 cm³/mol. The van der Waals surface area contributed by atoms with Crippen LogP contribution >= 0.6 is 0 Å². The van der Waals surface area contributed by atoms with Crippen molar-refractivity contribution in [3.05, 3.63) is 53.1 Å². The summed E-state index contributed by atoms with van der Waals surface area (Å²) in [5.74, 6) is 0.640. The molecule has 7 nitrogen and oxygen atoms in total. The molecular weight excluding hydrogens is 322 g/mol. The highest BCUT2D eigenvalue weighted by atomic mass is 16.5. The maximum absolute atomic E-state index is 12.1. The molecule has 0 aromatic heterocycles. The SMILES string of the molecule is COc1ccc(CNC(=O)Nc2cc(C(N)=O)ccc2OC)cc1C. The van der Waals surface area contributed by atoms with Gasteiger partial charge >= 0.3 is 6.03 Å². The molecule has 3 amide bonds. The van der Waals surface area contributed by atoms with Gasteiger partial charge in [0.2, 0.25) is 5.91 Å². The number of methoxy groups -OCH3 is 2. The number of hydrogen-bond acceptors (Lipinski definition) is 4. The summed E-state index contributed by atoms with van der Waals surface area (Å²) >= 11 is 0. The summed E-state index contributed by atoms with van der Waals surface area (Å²) in [5.41, 5.74) is 7.82. The molecule has 7 heteroatoms. The van der Waals surface area contributed by atoms with E-state index in [2.05, 4.69) is 10.6 Å². The van der Waals surface area contributed by atoms with Gasteiger partial charge in [0.05, 0.1) is 19.9 Å². The normalized spacial score (nSPS) is 10.0. The van der Waals surface area contributed by atoms with E-state index in [1.807, 2.05) is 25.1 Å². The largest absolute Gasteiger partial charge is 0.496 e. The molecule has 0 aliphatic carbocycles. The van der Waals surface area contributed by atoms with Gasteiger partial charge < -0.3 is 25.8 Å². The number of rotatable bonds is 6. The Labute approximate surface area is 146 Å². The first-order valence-corrected chi connectivity index (χ1v) is 7.60. The molecule has 0 atom stereocenters. The van der Waals surface area contributed by atoms with Crippen molar-refractivity contribution in [3.63, 3.8) is 0 Å². The third-order valence-electron chi connectivity index (χ3n) is 3.64. The van der Waals surface area contributed by atoms with Crippen molar-refractivity contribution in [2.75, 3.05) is 19.5 Å². The number of nitrogens with two attached hydrogens (primary N) is 1. The van der Waals surface area contributed by atoms with Crippen molar-refractivity contribution in [2.45, 2.75) is 13.5 Å². The first-order valence-electron chi connectivity index (χ1n) is 7.60. The number of urea groups is 1. The van der Waals surface area contributed by atoms with Crippen LogP contribution in [-0.2, 0) is 6.54 Å². The minimum Gasteiger partial charge on any atom is -0.496 e. The van der Waals surface area contributed by atoms with Gasteiger partial charge in [-0.25, -0.2) is 4.79 Å². The molecule has 4 N–H and O–H groups in total. The van der Waals surface area contributed by atoms with Gasteiger partial charge in [-0.2, -0.15) is 0 Å². The van der Waals surface area contributed by atoms with Gasteiger partial charge in [0.1, 0.15) is 11.5 Å². The van der Waals surface area contributed by atoms with E-state index in [-0.39, 0.29) is 5.56 Å². The lowest BCUT2D eigenvalue weighted by atomic mass is 10.1. The van der Waals surface area contributed by atoms with Gasteiger partial charge in [-0.3, -0.25) is 4.79 Å². The van der Waals surface area contributed by atoms with E-state index in [9.17, 15) is 9.59 Å². The fourth-order valence-corrected chi connectivity index (χ4v) is 2.36. The summed E-state index contributed by atoms with van der Waals surface area (Å²) in [5, 5.41) is 5.41. The molecule has 132 valence electrons. The Hall–Kier alpha value is -3.22. The number of carbonyl (C=O) groups excluding carboxylic acids is 2. The van der Waals surface area contributed by atoms with Crippen molar-refractivity contribution in [1.29, 1.82) is 0 Å². The van der Waals surface area contributed by atoms with Crippen LogP contribution in [-0.4, -0.2) is 26.2 Å². The average Bonchev–Trinajstić information content (AvgIpc) is 2.60. The van der Waals surface area contributed by atoms with Crippen LogP contribution in [0.25, 0.3) is 0 Å². The number of aryl methyl sites for hydroxylation is 1. The topological polar surface area (TPSA) is 103 Å². The molecule has 0 unspecified atom stereocenters. The fourth-order valence-electron chi connectivity index (χ4n) is 2.36. The van der Waals surface area contributed by atoms with Gasteiger partial charge in [-0.1, -0.05) is 12.1 Å². The molecule has 0 aliphatic rings. The molecule has 0 radical (unpaired) electrons. The lowest BCUT2D eigenvalue weighted by Crippen LogP contribution is -2.28. The van der Waals surface area contributed by atoms with E-state index in [1.165, 1.54) is 19.2 Å². The number of anilines is 1. The molecule has 0 saturated carbocycles. The van der Waals surface area contributed by atoms with Crippen LogP contribution in [0, 0.1) is 6.92 Å². The van der Waals surface area contributed by atoms with Crippen LogP contribution in [0.4, 0.5) is 10.5 Å². The standard InChI is InChI=1S/C18H21N3O4/c1-11-8-12(4-6-15(11)24-2)10-20-18(23)21-14-9-13(17(19)22)5-7-16(14)25-3/h4-9H,10H2,1-3H3,(H2,19,22)(H2,20,21,23). The number of amides is 3. The smallest absolute Gasteiger partial charge is 0.319 e. The van der Waals surface area contributed by atoms with Crippen LogP contribution in [0.2, 0.25) is 0 Å². The second-order valence-electron chi connectivity index (χ2n) is 5.39. The Morgan fingerprint density at radius 3 is 2.32 bits per heavy atom. The van der Waals surface area contributed by atoms with Crippen molar-refractivity contribution < 1.29 is 19.1 Å². The quantitative estimate of drug-likeness (QED) is 0.749. The number of benzene rings is 2. The molecule has 0 heterocycles. The number of ether oxygens (including phenoxy) is 2. The van der Waals surface area contributed by atoms with Crippen LogP contribution in [0.15, 0.2) is 36.4 Å². The molecule has 25 heavy (non-hydrogen) atoms. The molecule has 0 aliphatic heterocycles. The highest BCUT2D eigenvalue weighted by molar-refractivity contribution is 5.97. The zero-order chi connectivity index (χ0) is 18.4. The van der Waals surface area contributed by atoms with E-state index in [4.69, 9.17) is 15.2 Å². The number of carbonyl (C=O) groups is 2. The molecule has 0 spiro atoms. The number of hydrogen-bond donors (Lipinski definition) is 3. The molecule has 2 aromatic carbocycles. The molecule has 0 bridgehead atoms. The van der Waals surface area contributed by atoms with E-state index in [0.29, 0.717) is 18.0 Å². The molecule has 2 rings (SSSR count). The summed E-state index contributed by atoms with van der Waals surface area (Å²) < 4.78 is 10.4. The third kappa shape index (κ3) is 4.63. The second-order valence-corrected chi connectivity index (χ2v) is 5.39. The van der Waals surface area contributed by atoms with E-state index >= 15 is 0 Å². The molecule has 0 saturated heterocycles. The Morgan fingerprint density at radius 2 is 1.72 bits per heavy atom. The lowest BCUT2D eigenvalue weighted by Gasteiger charge is -2.13. The minimum absolute atomic E-state index is 0.280. The Balaban J connectivity index is 2.04. The van der Waals surface area contributed by atoms with Gasteiger partial charge in [0.25, 0.3) is 0 Å². The van der Waals surface area contributed by atoms with Crippen molar-refractivity contribution in [2.24, 2.45) is 5.73 Å². The van der Waals surface area contributed by atoms with Crippen LogP contribution in [0.3, 0.4) is 0 Å². The zero-order valence-corrected chi connectivity index (χ0v) is 14.4. The maximum Gasteiger partial charge on any atom is 0.319 e. The van der Waals surface area contributed by atoms with Gasteiger partial charge in [-0.15, -0.1) is 0 Å². The second kappa shape index (κ2) is 8.05. The van der Waals surface area contributed by atoms with Crippen molar-refractivity contribution in [1.82, 2.24) is 5.32 Å². The summed E-state index contributed by atoms with van der Waals surface area (Å²) in [7, 11) is 3.09.